The number of aliphatic imine (C=N–C) groups is 2. The molecule has 5 N–H and O–H groups in total. The van der Waals surface area contributed by atoms with Crippen LogP contribution in [-0.4, -0.2) is 124 Å². The topological polar surface area (TPSA) is 346 Å². The van der Waals surface area contributed by atoms with Gasteiger partial charge in [-0.3, -0.25) is 23.2 Å². The molecular weight excluding hydrogens is 1020 g/mol. The molecule has 2 aromatic heterocycles. The van der Waals surface area contributed by atoms with Crippen molar-refractivity contribution < 1.29 is 58.0 Å². The largest absolute Gasteiger partial charge is 0.494 e. The number of nitrogens with one attached hydrogen (secondary N) is 2. The van der Waals surface area contributed by atoms with Crippen LogP contribution in [0.1, 0.15) is 59.9 Å². The van der Waals surface area contributed by atoms with Crippen LogP contribution in [0.3, 0.4) is 0 Å². The number of methoxy groups -OCH3 is 2. The normalized spacial score (nSPS) is 15.9. The van der Waals surface area contributed by atoms with Crippen molar-refractivity contribution in [3.05, 3.63) is 45.9 Å². The van der Waals surface area contributed by atoms with Gasteiger partial charge in [-0.25, -0.2) is 15.0 Å². The molecule has 5 rings (SSSR count). The fourth-order valence-corrected chi connectivity index (χ4v) is 11.3. The summed E-state index contributed by atoms with van der Waals surface area (Å²) in [6, 6.07) is 6.51. The third kappa shape index (κ3) is 14.4. The number of hydrogen-bond donors (Lipinski definition) is 5. The van der Waals surface area contributed by atoms with Crippen LogP contribution < -0.4 is 29.9 Å². The number of carbonyl (C=O) groups is 2. The fourth-order valence-electron chi connectivity index (χ4n) is 6.30. The summed E-state index contributed by atoms with van der Waals surface area (Å²) in [6.45, 7) is 9.98. The van der Waals surface area contributed by atoms with Crippen molar-refractivity contribution >= 4 is 133 Å². The number of ether oxygens (including phenoxy) is 2. The molecule has 0 saturated heterocycles. The summed E-state index contributed by atoms with van der Waals surface area (Å²) in [5.74, 6) is 0.250. The van der Waals surface area contributed by atoms with Crippen LogP contribution in [0.15, 0.2) is 76.7 Å². The maximum Gasteiger partial charge on any atom is 0.313 e. The van der Waals surface area contributed by atoms with Crippen LogP contribution in [0.4, 0.5) is 44.4 Å². The minimum atomic E-state index is -4.88. The molecule has 0 unspecified atom stereocenters. The number of aromatic nitrogens is 2. The van der Waals surface area contributed by atoms with Crippen LogP contribution in [-0.2, 0) is 30.4 Å². The lowest BCUT2D eigenvalue weighted by atomic mass is 10.2. The van der Waals surface area contributed by atoms with Gasteiger partial charge in [-0.1, -0.05) is 22.7 Å². The van der Waals surface area contributed by atoms with E-state index in [2.05, 4.69) is 41.1 Å². The minimum Gasteiger partial charge on any atom is -0.494 e. The number of hydrogen-bond acceptors (Lipinski definition) is 25. The van der Waals surface area contributed by atoms with Gasteiger partial charge in [0.05, 0.1) is 47.8 Å². The minimum absolute atomic E-state index is 0.0521. The second-order valence-electron chi connectivity index (χ2n) is 13.8. The van der Waals surface area contributed by atoms with E-state index >= 15 is 0 Å². The Morgan fingerprint density at radius 1 is 0.710 bits per heavy atom. The quantitative estimate of drug-likeness (QED) is 0.0285. The van der Waals surface area contributed by atoms with E-state index in [4.69, 9.17) is 19.5 Å². The molecule has 1 aliphatic heterocycles. The Morgan fingerprint density at radius 3 is 1.57 bits per heavy atom. The standard InChI is InChI=1S/C38H46N12O13S6/c1-7-49(8-2)26-16-22(24(18-28(26)62-5)45-47-37-43-34(68(56,57)58)30(20-51)65-37)39-32-12-11-13-33(64-14-15-67(53,54)55)42-36(41-32)40-23-17-27(50(9-3)10-4)29(63-6)19-25(23)46-48-38-44-35(69(59,60)61)31(21-52)66-38/h12,16-21,39H,7-11,13-15H2,1-6H3,(H,40,41)(H,53,54,55)(H,56,57,58)(H,59,60,61)/b32-12-,42-33-,47-45?,48-46?. The molecule has 0 spiro atoms. The molecule has 0 fully saturated rings. The summed E-state index contributed by atoms with van der Waals surface area (Å²) >= 11 is 2.22. The molecule has 0 bridgehead atoms. The number of anilines is 4. The van der Waals surface area contributed by atoms with Crippen molar-refractivity contribution in [1.29, 1.82) is 0 Å². The Hall–Kier alpha value is -5.80. The van der Waals surface area contributed by atoms with E-state index in [1.165, 1.54) is 20.3 Å². The molecule has 4 aromatic rings. The lowest BCUT2D eigenvalue weighted by Crippen LogP contribution is -2.23. The first-order chi connectivity index (χ1) is 32.7. The molecule has 2 aromatic carbocycles. The van der Waals surface area contributed by atoms with Gasteiger partial charge in [-0.05, 0) is 58.7 Å². The van der Waals surface area contributed by atoms with Crippen LogP contribution in [0.5, 0.6) is 11.5 Å². The molecule has 31 heteroatoms. The van der Waals surface area contributed by atoms with E-state index in [1.54, 1.807) is 24.3 Å². The van der Waals surface area contributed by atoms with E-state index in [0.29, 0.717) is 88.9 Å². The summed E-state index contributed by atoms with van der Waals surface area (Å²) in [5.41, 5.74) is 1.98. The highest BCUT2D eigenvalue weighted by Crippen LogP contribution is 2.42. The summed E-state index contributed by atoms with van der Waals surface area (Å²) in [6.07, 6.45) is 2.73. The third-order valence-corrected chi connectivity index (χ3v) is 15.1. The van der Waals surface area contributed by atoms with E-state index in [9.17, 15) is 48.5 Å². The number of thiazole rings is 2. The number of thioether (sulfide) groups is 1. The monoisotopic (exact) mass is 1070 g/mol. The molecule has 69 heavy (non-hydrogen) atoms. The van der Waals surface area contributed by atoms with Gasteiger partial charge in [0.25, 0.3) is 10.1 Å². The average molecular weight is 1070 g/mol. The molecule has 0 saturated carbocycles. The zero-order valence-electron chi connectivity index (χ0n) is 37.5. The molecule has 372 valence electrons. The molecule has 1 aliphatic rings. The first-order valence-corrected chi connectivity index (χ1v) is 27.4. The van der Waals surface area contributed by atoms with Crippen LogP contribution >= 0.6 is 34.4 Å². The molecule has 3 heterocycles. The van der Waals surface area contributed by atoms with E-state index in [1.807, 2.05) is 37.5 Å². The average Bonchev–Trinajstić information content (AvgIpc) is 3.93. The maximum absolute atomic E-state index is 11.9. The van der Waals surface area contributed by atoms with Gasteiger partial charge in [0.15, 0.2) is 12.6 Å². The number of allylic oxidation sites excluding steroid dienone is 1. The molecule has 0 amide bonds. The summed E-state index contributed by atoms with van der Waals surface area (Å²) < 4.78 is 111. The summed E-state index contributed by atoms with van der Waals surface area (Å²) in [4.78, 5) is 43.6. The number of aldehydes is 2. The van der Waals surface area contributed by atoms with E-state index < -0.39 is 55.9 Å². The lowest BCUT2D eigenvalue weighted by Gasteiger charge is -2.25. The zero-order chi connectivity index (χ0) is 50.7. The Labute approximate surface area is 409 Å². The van der Waals surface area contributed by atoms with Crippen molar-refractivity contribution in [1.82, 2.24) is 9.97 Å². The van der Waals surface area contributed by atoms with Crippen molar-refractivity contribution in [2.45, 2.75) is 50.6 Å². The lowest BCUT2D eigenvalue weighted by molar-refractivity contribution is 0.111. The number of azo groups is 2. The third-order valence-electron chi connectivity index (χ3n) is 9.48. The van der Waals surface area contributed by atoms with Gasteiger partial charge in [0.1, 0.15) is 38.4 Å². The SMILES string of the molecule is CCN(CC)c1cc(NC2=C/CC/C(SCCS(=O)(=O)O)=N/C(Nc3cc(N(CC)CC)c(OC)cc3N=Nc3nc(S(=O)(=O)O)c(C=O)s3)=N\2)c(N=Nc2nc(S(=O)(=O)O)c(C=O)s2)cc1OC. The highest BCUT2D eigenvalue weighted by molar-refractivity contribution is 8.14. The van der Waals surface area contributed by atoms with Gasteiger partial charge in [0, 0.05) is 44.1 Å². The second-order valence-corrected chi connectivity index (χ2v) is 21.2. The predicted octanol–water partition coefficient (Wildman–Crippen LogP) is 7.79. The van der Waals surface area contributed by atoms with Gasteiger partial charge >= 0.3 is 20.2 Å². The predicted molar refractivity (Wildman–Crippen MR) is 264 cm³/mol. The molecule has 0 atom stereocenters. The molecule has 0 radical (unpaired) electrons. The number of rotatable bonds is 22. The molecule has 25 nitrogen and oxygen atoms in total. The Kier molecular flexibility index (Phi) is 18.6. The zero-order valence-corrected chi connectivity index (χ0v) is 42.4. The first kappa shape index (κ1) is 54.1. The maximum atomic E-state index is 11.9. The number of nitrogens with zero attached hydrogens (tertiary/aromatic N) is 10. The van der Waals surface area contributed by atoms with Crippen LogP contribution in [0, 0.1) is 0 Å². The Bertz CT molecular complexity index is 3050. The van der Waals surface area contributed by atoms with Gasteiger partial charge in [-0.15, -0.1) is 32.2 Å². The highest BCUT2D eigenvalue weighted by Gasteiger charge is 2.25. The van der Waals surface area contributed by atoms with Crippen molar-refractivity contribution in [3.8, 4) is 11.5 Å². The van der Waals surface area contributed by atoms with Crippen molar-refractivity contribution in [2.75, 3.05) is 72.3 Å². The van der Waals surface area contributed by atoms with Crippen LogP contribution in [0.25, 0.3) is 0 Å². The fraction of sp³-hybridized carbons (Fsp3) is 0.368. The smallest absolute Gasteiger partial charge is 0.313 e. The summed E-state index contributed by atoms with van der Waals surface area (Å²) in [7, 11) is -11.2. The van der Waals surface area contributed by atoms with Gasteiger partial charge in [-0.2, -0.15) is 30.2 Å². The molecule has 0 aliphatic carbocycles. The molecular formula is C38H46N12O13S6. The Balaban J connectivity index is 1.69. The second kappa shape index (κ2) is 23.7. The summed E-state index contributed by atoms with van der Waals surface area (Å²) in [5, 5.41) is 21.4. The van der Waals surface area contributed by atoms with Gasteiger partial charge in [0.2, 0.25) is 26.3 Å². The van der Waals surface area contributed by atoms with Crippen molar-refractivity contribution in [2.24, 2.45) is 30.4 Å². The Morgan fingerprint density at radius 2 is 1.17 bits per heavy atom. The number of guanidine groups is 1. The van der Waals surface area contributed by atoms with Crippen molar-refractivity contribution in [3.63, 3.8) is 0 Å². The van der Waals surface area contributed by atoms with Crippen LogP contribution in [0.2, 0.25) is 0 Å². The number of benzene rings is 2. The van der Waals surface area contributed by atoms with E-state index in [-0.39, 0.29) is 63.9 Å². The number of carbonyl (C=O) groups excluding carboxylic acids is 2. The van der Waals surface area contributed by atoms with E-state index in [0.717, 1.165) is 11.8 Å². The highest BCUT2D eigenvalue weighted by atomic mass is 32.2. The van der Waals surface area contributed by atoms with Gasteiger partial charge < -0.3 is 29.9 Å². The first-order valence-electron chi connectivity index (χ1n) is 20.3.